The minimum absolute atomic E-state index is 0.159. The molecule has 0 saturated carbocycles. The predicted octanol–water partition coefficient (Wildman–Crippen LogP) is 3.98. The molecule has 0 aromatic heterocycles. The largest absolute Gasteiger partial charge is 0.495 e. The first-order chi connectivity index (χ1) is 13.0. The topological polar surface area (TPSA) is 58.6 Å². The summed E-state index contributed by atoms with van der Waals surface area (Å²) in [6, 6.07) is 10.5. The molecule has 0 unspecified atom stereocenters. The summed E-state index contributed by atoms with van der Waals surface area (Å²) in [6.07, 6.45) is 1.43. The smallest absolute Gasteiger partial charge is 0.253 e. The Morgan fingerprint density at radius 3 is 2.63 bits per heavy atom. The number of hydrogen-bond acceptors (Lipinski definition) is 3. The third-order valence-electron chi connectivity index (χ3n) is 4.59. The average molecular weight is 391 g/mol. The van der Waals surface area contributed by atoms with E-state index >= 15 is 0 Å². The molecule has 2 amide bonds. The molecule has 7 heteroatoms. The molecule has 1 atom stereocenters. The fourth-order valence-corrected chi connectivity index (χ4v) is 3.40. The summed E-state index contributed by atoms with van der Waals surface area (Å²) in [4.78, 5) is 26.8. The summed E-state index contributed by atoms with van der Waals surface area (Å²) < 4.78 is 18.1. The van der Waals surface area contributed by atoms with Crippen LogP contribution in [0.5, 0.6) is 5.75 Å². The van der Waals surface area contributed by atoms with Crippen molar-refractivity contribution in [2.75, 3.05) is 25.5 Å². The van der Waals surface area contributed by atoms with E-state index in [4.69, 9.17) is 16.3 Å². The lowest BCUT2D eigenvalue weighted by molar-refractivity contribution is -0.121. The number of halogens is 2. The van der Waals surface area contributed by atoms with Gasteiger partial charge < -0.3 is 15.0 Å². The number of rotatable bonds is 4. The van der Waals surface area contributed by atoms with Crippen molar-refractivity contribution in [1.29, 1.82) is 0 Å². The molecule has 0 radical (unpaired) electrons. The Labute approximate surface area is 162 Å². The highest BCUT2D eigenvalue weighted by Crippen LogP contribution is 2.28. The minimum atomic E-state index is -0.388. The average Bonchev–Trinajstić information content (AvgIpc) is 2.68. The lowest BCUT2D eigenvalue weighted by atomic mass is 9.96. The van der Waals surface area contributed by atoms with E-state index in [0.29, 0.717) is 41.5 Å². The van der Waals surface area contributed by atoms with Gasteiger partial charge in [-0.3, -0.25) is 9.59 Å². The molecule has 5 nitrogen and oxygen atoms in total. The standard InChI is InChI=1S/C20H20ClFN2O3/c1-27-18-9-8-16(11-17(18)21)23-19(25)14-3-2-10-24(12-14)20(26)13-4-6-15(22)7-5-13/h4-9,11,14H,2-3,10,12H2,1H3,(H,23,25)/t14-/m1/s1. The van der Waals surface area contributed by atoms with Gasteiger partial charge in [-0.25, -0.2) is 4.39 Å². The first kappa shape index (κ1) is 19.2. The molecule has 2 aromatic carbocycles. The third-order valence-corrected chi connectivity index (χ3v) is 4.89. The van der Waals surface area contributed by atoms with Gasteiger partial charge in [0.25, 0.3) is 5.91 Å². The van der Waals surface area contributed by atoms with Crippen LogP contribution in [0.4, 0.5) is 10.1 Å². The second-order valence-electron chi connectivity index (χ2n) is 6.44. The molecule has 142 valence electrons. The van der Waals surface area contributed by atoms with Gasteiger partial charge in [-0.2, -0.15) is 0 Å². The molecule has 1 saturated heterocycles. The number of carbonyl (C=O) groups is 2. The van der Waals surface area contributed by atoms with Gasteiger partial charge in [-0.1, -0.05) is 11.6 Å². The lowest BCUT2D eigenvalue weighted by Crippen LogP contribution is -2.43. The maximum absolute atomic E-state index is 13.0. The highest BCUT2D eigenvalue weighted by atomic mass is 35.5. The zero-order valence-electron chi connectivity index (χ0n) is 14.9. The molecule has 1 N–H and O–H groups in total. The normalized spacial score (nSPS) is 16.7. The van der Waals surface area contributed by atoms with Crippen molar-refractivity contribution in [2.45, 2.75) is 12.8 Å². The summed E-state index contributed by atoms with van der Waals surface area (Å²) in [5, 5.41) is 3.25. The number of piperidine rings is 1. The summed E-state index contributed by atoms with van der Waals surface area (Å²) in [5.41, 5.74) is 0.993. The fourth-order valence-electron chi connectivity index (χ4n) is 3.14. The minimum Gasteiger partial charge on any atom is -0.495 e. The molecule has 2 aromatic rings. The Balaban J connectivity index is 1.64. The number of amides is 2. The Morgan fingerprint density at radius 2 is 1.96 bits per heavy atom. The van der Waals surface area contributed by atoms with Crippen molar-refractivity contribution in [3.63, 3.8) is 0 Å². The first-order valence-corrected chi connectivity index (χ1v) is 9.05. The third kappa shape index (κ3) is 4.57. The molecule has 3 rings (SSSR count). The maximum Gasteiger partial charge on any atom is 0.253 e. The number of carbonyl (C=O) groups excluding carboxylic acids is 2. The van der Waals surface area contributed by atoms with Gasteiger partial charge in [-0.15, -0.1) is 0 Å². The zero-order valence-corrected chi connectivity index (χ0v) is 15.6. The molecule has 1 aliphatic rings. The van der Waals surface area contributed by atoms with E-state index in [1.54, 1.807) is 23.1 Å². The van der Waals surface area contributed by atoms with Gasteiger partial charge >= 0.3 is 0 Å². The monoisotopic (exact) mass is 390 g/mol. The molecule has 1 aliphatic heterocycles. The maximum atomic E-state index is 13.0. The molecule has 1 heterocycles. The van der Waals surface area contributed by atoms with Crippen LogP contribution < -0.4 is 10.1 Å². The molecule has 27 heavy (non-hydrogen) atoms. The predicted molar refractivity (Wildman–Crippen MR) is 102 cm³/mol. The molecular weight excluding hydrogens is 371 g/mol. The summed E-state index contributed by atoms with van der Waals surface area (Å²) in [7, 11) is 1.52. The van der Waals surface area contributed by atoms with E-state index in [0.717, 1.165) is 6.42 Å². The number of hydrogen-bond donors (Lipinski definition) is 1. The van der Waals surface area contributed by atoms with Crippen LogP contribution in [0.2, 0.25) is 5.02 Å². The highest BCUT2D eigenvalue weighted by Gasteiger charge is 2.29. The Kier molecular flexibility index (Phi) is 5.96. The van der Waals surface area contributed by atoms with Gasteiger partial charge in [0.2, 0.25) is 5.91 Å². The van der Waals surface area contributed by atoms with Crippen LogP contribution in [0, 0.1) is 11.7 Å². The zero-order chi connectivity index (χ0) is 19.4. The molecular formula is C20H20ClFN2O3. The van der Waals surface area contributed by atoms with E-state index < -0.39 is 0 Å². The van der Waals surface area contributed by atoms with Gasteiger partial charge in [0.05, 0.1) is 18.1 Å². The number of ether oxygens (including phenoxy) is 1. The molecule has 0 bridgehead atoms. The van der Waals surface area contributed by atoms with Crippen molar-refractivity contribution in [3.05, 3.63) is 58.9 Å². The van der Waals surface area contributed by atoms with Crippen LogP contribution >= 0.6 is 11.6 Å². The second-order valence-corrected chi connectivity index (χ2v) is 6.84. The van der Waals surface area contributed by atoms with Crippen LogP contribution in [-0.2, 0) is 4.79 Å². The van der Waals surface area contributed by atoms with Gasteiger partial charge in [-0.05, 0) is 55.3 Å². The van der Waals surface area contributed by atoms with Gasteiger partial charge in [0.15, 0.2) is 0 Å². The molecule has 0 spiro atoms. The van der Waals surface area contributed by atoms with E-state index in [1.165, 1.54) is 31.4 Å². The van der Waals surface area contributed by atoms with Crippen LogP contribution in [0.25, 0.3) is 0 Å². The SMILES string of the molecule is COc1ccc(NC(=O)[C@@H]2CCCN(C(=O)c3ccc(F)cc3)C2)cc1Cl. The van der Waals surface area contributed by atoms with Crippen LogP contribution in [0.15, 0.2) is 42.5 Å². The number of benzene rings is 2. The Hall–Kier alpha value is -2.60. The number of nitrogens with zero attached hydrogens (tertiary/aromatic N) is 1. The van der Waals surface area contributed by atoms with Crippen molar-refractivity contribution >= 4 is 29.1 Å². The highest BCUT2D eigenvalue weighted by molar-refractivity contribution is 6.32. The second kappa shape index (κ2) is 8.39. The number of nitrogens with one attached hydrogen (secondary N) is 1. The van der Waals surface area contributed by atoms with Crippen molar-refractivity contribution in [1.82, 2.24) is 4.90 Å². The summed E-state index contributed by atoms with van der Waals surface area (Å²) in [5.74, 6) is -0.527. The van der Waals surface area contributed by atoms with Crippen molar-refractivity contribution < 1.29 is 18.7 Å². The summed E-state index contributed by atoms with van der Waals surface area (Å²) >= 11 is 6.09. The molecule has 0 aliphatic carbocycles. The molecule has 1 fully saturated rings. The Bertz CT molecular complexity index is 842. The van der Waals surface area contributed by atoms with Crippen LogP contribution in [-0.4, -0.2) is 36.9 Å². The number of anilines is 1. The quantitative estimate of drug-likeness (QED) is 0.859. The van der Waals surface area contributed by atoms with Crippen LogP contribution in [0.3, 0.4) is 0 Å². The summed E-state index contributed by atoms with van der Waals surface area (Å²) in [6.45, 7) is 0.903. The van der Waals surface area contributed by atoms with Crippen molar-refractivity contribution in [3.8, 4) is 5.75 Å². The van der Waals surface area contributed by atoms with Crippen molar-refractivity contribution in [2.24, 2.45) is 5.92 Å². The number of methoxy groups -OCH3 is 1. The van der Waals surface area contributed by atoms with E-state index in [-0.39, 0.29) is 23.5 Å². The first-order valence-electron chi connectivity index (χ1n) is 8.67. The Morgan fingerprint density at radius 1 is 1.22 bits per heavy atom. The van der Waals surface area contributed by atoms with Crippen LogP contribution in [0.1, 0.15) is 23.2 Å². The number of likely N-dealkylation sites (tertiary alicyclic amines) is 1. The van der Waals surface area contributed by atoms with Gasteiger partial charge in [0.1, 0.15) is 11.6 Å². The van der Waals surface area contributed by atoms with E-state index in [9.17, 15) is 14.0 Å². The lowest BCUT2D eigenvalue weighted by Gasteiger charge is -2.32. The van der Waals surface area contributed by atoms with E-state index in [2.05, 4.69) is 5.32 Å². The van der Waals surface area contributed by atoms with E-state index in [1.807, 2.05) is 0 Å². The fraction of sp³-hybridized carbons (Fsp3) is 0.300. The van der Waals surface area contributed by atoms with Gasteiger partial charge in [0, 0.05) is 24.3 Å².